The number of aromatic nitrogens is 3. The average molecular weight is 207 g/mol. The number of aromatic amines is 1. The molecule has 7 heteroatoms. The molecule has 0 radical (unpaired) electrons. The van der Waals surface area contributed by atoms with E-state index in [1.165, 1.54) is 12.3 Å². The van der Waals surface area contributed by atoms with Crippen LogP contribution >= 0.6 is 0 Å². The minimum atomic E-state index is -0.379. The van der Waals surface area contributed by atoms with Gasteiger partial charge in [0, 0.05) is 11.9 Å². The molecule has 0 saturated heterocycles. The van der Waals surface area contributed by atoms with Gasteiger partial charge >= 0.3 is 6.01 Å². The Kier molecular flexibility index (Phi) is 2.13. The Morgan fingerprint density at radius 2 is 2.47 bits per heavy atom. The van der Waals surface area contributed by atoms with Gasteiger partial charge in [0.05, 0.1) is 0 Å². The van der Waals surface area contributed by atoms with Gasteiger partial charge in [0.1, 0.15) is 5.69 Å². The van der Waals surface area contributed by atoms with E-state index >= 15 is 0 Å². The summed E-state index contributed by atoms with van der Waals surface area (Å²) in [5, 5.41) is 5.96. The van der Waals surface area contributed by atoms with Gasteiger partial charge < -0.3 is 15.2 Å². The van der Waals surface area contributed by atoms with Crippen LogP contribution in [0.2, 0.25) is 0 Å². The molecule has 7 nitrogen and oxygen atoms in total. The van der Waals surface area contributed by atoms with Crippen molar-refractivity contribution in [1.82, 2.24) is 15.1 Å². The number of carbonyl (C=O) groups excluding carboxylic acids is 1. The maximum absolute atomic E-state index is 11.5. The van der Waals surface area contributed by atoms with Crippen LogP contribution in [0.25, 0.3) is 0 Å². The van der Waals surface area contributed by atoms with Crippen molar-refractivity contribution in [2.75, 3.05) is 11.1 Å². The van der Waals surface area contributed by atoms with Crippen LogP contribution in [0.1, 0.15) is 16.3 Å². The van der Waals surface area contributed by atoms with Crippen molar-refractivity contribution in [3.05, 3.63) is 23.8 Å². The number of nitrogens with zero attached hydrogens (tertiary/aromatic N) is 2. The smallest absolute Gasteiger partial charge is 0.328 e. The summed E-state index contributed by atoms with van der Waals surface area (Å²) in [4.78, 5) is 18.0. The standard InChI is InChI=1S/C8H9N5O2/c1-4-11-8(15-13-4)12-7(14)6-2-5(9)3-10-6/h2-3,10H,9H2,1H3,(H,11,12,13,14). The van der Waals surface area contributed by atoms with Crippen LogP contribution < -0.4 is 11.1 Å². The normalized spacial score (nSPS) is 10.2. The Morgan fingerprint density at radius 3 is 3.00 bits per heavy atom. The highest BCUT2D eigenvalue weighted by molar-refractivity contribution is 6.02. The van der Waals surface area contributed by atoms with Crippen LogP contribution in [-0.2, 0) is 0 Å². The lowest BCUT2D eigenvalue weighted by Crippen LogP contribution is -2.12. The number of anilines is 2. The molecular formula is C8H9N5O2. The molecule has 2 aromatic rings. The number of hydrogen-bond acceptors (Lipinski definition) is 5. The van der Waals surface area contributed by atoms with E-state index in [2.05, 4.69) is 20.4 Å². The van der Waals surface area contributed by atoms with Crippen molar-refractivity contribution >= 4 is 17.6 Å². The van der Waals surface area contributed by atoms with Gasteiger partial charge in [-0.15, -0.1) is 0 Å². The molecule has 2 aromatic heterocycles. The maximum Gasteiger partial charge on any atom is 0.328 e. The Hall–Kier alpha value is -2.31. The largest absolute Gasteiger partial charge is 0.397 e. The number of hydrogen-bond donors (Lipinski definition) is 3. The second kappa shape index (κ2) is 3.45. The third-order valence-electron chi connectivity index (χ3n) is 1.70. The van der Waals surface area contributed by atoms with Crippen molar-refractivity contribution in [1.29, 1.82) is 0 Å². The zero-order valence-electron chi connectivity index (χ0n) is 7.94. The molecule has 0 aliphatic rings. The predicted molar refractivity (Wildman–Crippen MR) is 52.2 cm³/mol. The molecule has 0 unspecified atom stereocenters. The van der Waals surface area contributed by atoms with Crippen LogP contribution in [0, 0.1) is 6.92 Å². The number of carbonyl (C=O) groups is 1. The highest BCUT2D eigenvalue weighted by atomic mass is 16.5. The van der Waals surface area contributed by atoms with Crippen LogP contribution in [0.5, 0.6) is 0 Å². The van der Waals surface area contributed by atoms with Crippen LogP contribution in [0.15, 0.2) is 16.8 Å². The molecule has 78 valence electrons. The van der Waals surface area contributed by atoms with Gasteiger partial charge in [0.2, 0.25) is 0 Å². The summed E-state index contributed by atoms with van der Waals surface area (Å²) in [6.45, 7) is 1.66. The minimum absolute atomic E-state index is 0.0608. The quantitative estimate of drug-likeness (QED) is 0.665. The van der Waals surface area contributed by atoms with E-state index in [9.17, 15) is 4.79 Å². The summed E-state index contributed by atoms with van der Waals surface area (Å²) >= 11 is 0. The SMILES string of the molecule is Cc1noc(NC(=O)c2cc(N)c[nH]2)n1. The first kappa shape index (κ1) is 9.25. The van der Waals surface area contributed by atoms with E-state index < -0.39 is 0 Å². The van der Waals surface area contributed by atoms with Gasteiger partial charge in [-0.25, -0.2) is 0 Å². The number of rotatable bonds is 2. The first-order valence-electron chi connectivity index (χ1n) is 4.21. The molecule has 0 aliphatic carbocycles. The van der Waals surface area contributed by atoms with Crippen LogP contribution in [0.3, 0.4) is 0 Å². The molecule has 0 spiro atoms. The molecular weight excluding hydrogens is 198 g/mol. The lowest BCUT2D eigenvalue weighted by molar-refractivity contribution is 0.101. The highest BCUT2D eigenvalue weighted by Gasteiger charge is 2.11. The van der Waals surface area contributed by atoms with Crippen molar-refractivity contribution in [3.8, 4) is 0 Å². The maximum atomic E-state index is 11.5. The molecule has 0 atom stereocenters. The van der Waals surface area contributed by atoms with E-state index in [-0.39, 0.29) is 11.9 Å². The van der Waals surface area contributed by atoms with Gasteiger partial charge in [0.25, 0.3) is 5.91 Å². The fourth-order valence-electron chi connectivity index (χ4n) is 1.05. The second-order valence-electron chi connectivity index (χ2n) is 2.95. The minimum Gasteiger partial charge on any atom is -0.397 e. The van der Waals surface area contributed by atoms with Crippen LogP contribution in [0.4, 0.5) is 11.7 Å². The summed E-state index contributed by atoms with van der Waals surface area (Å²) in [6.07, 6.45) is 1.52. The lowest BCUT2D eigenvalue weighted by atomic mass is 10.4. The number of aryl methyl sites for hydroxylation is 1. The Labute approximate surface area is 84.7 Å². The number of amides is 1. The second-order valence-corrected chi connectivity index (χ2v) is 2.95. The third-order valence-corrected chi connectivity index (χ3v) is 1.70. The van der Waals surface area contributed by atoms with Crippen molar-refractivity contribution < 1.29 is 9.32 Å². The Bertz CT molecular complexity index is 487. The van der Waals surface area contributed by atoms with E-state index in [0.29, 0.717) is 17.2 Å². The van der Waals surface area contributed by atoms with Gasteiger partial charge in [-0.05, 0) is 13.0 Å². The summed E-state index contributed by atoms with van der Waals surface area (Å²) in [7, 11) is 0. The van der Waals surface area contributed by atoms with E-state index in [1.54, 1.807) is 6.92 Å². The van der Waals surface area contributed by atoms with E-state index in [0.717, 1.165) is 0 Å². The number of nitrogen functional groups attached to an aromatic ring is 1. The number of nitrogens with two attached hydrogens (primary N) is 1. The number of nitrogens with one attached hydrogen (secondary N) is 2. The third kappa shape index (κ3) is 1.96. The summed E-state index contributed by atoms with van der Waals surface area (Å²) in [5.74, 6) is 0.0756. The molecule has 4 N–H and O–H groups in total. The highest BCUT2D eigenvalue weighted by Crippen LogP contribution is 2.08. The van der Waals surface area contributed by atoms with Crippen molar-refractivity contribution in [2.45, 2.75) is 6.92 Å². The van der Waals surface area contributed by atoms with Gasteiger partial charge in [-0.2, -0.15) is 4.98 Å². The zero-order valence-corrected chi connectivity index (χ0v) is 7.94. The molecule has 0 bridgehead atoms. The predicted octanol–water partition coefficient (Wildman–Crippen LogP) is 0.541. The fraction of sp³-hybridized carbons (Fsp3) is 0.125. The monoisotopic (exact) mass is 207 g/mol. The molecule has 15 heavy (non-hydrogen) atoms. The first-order chi connectivity index (χ1) is 7.15. The zero-order chi connectivity index (χ0) is 10.8. The van der Waals surface area contributed by atoms with Crippen molar-refractivity contribution in [3.63, 3.8) is 0 Å². The Morgan fingerprint density at radius 1 is 1.67 bits per heavy atom. The lowest BCUT2D eigenvalue weighted by Gasteiger charge is -1.95. The topological polar surface area (TPSA) is 110 Å². The average Bonchev–Trinajstić information content (AvgIpc) is 2.75. The van der Waals surface area contributed by atoms with Crippen molar-refractivity contribution in [2.24, 2.45) is 0 Å². The molecule has 0 saturated carbocycles. The fourth-order valence-corrected chi connectivity index (χ4v) is 1.05. The van der Waals surface area contributed by atoms with Gasteiger partial charge in [-0.1, -0.05) is 5.16 Å². The first-order valence-corrected chi connectivity index (χ1v) is 4.21. The summed E-state index contributed by atoms with van der Waals surface area (Å²) in [5.41, 5.74) is 6.28. The van der Waals surface area contributed by atoms with E-state index in [4.69, 9.17) is 10.3 Å². The van der Waals surface area contributed by atoms with Crippen LogP contribution in [-0.4, -0.2) is 21.0 Å². The van der Waals surface area contributed by atoms with E-state index in [1.807, 2.05) is 0 Å². The van der Waals surface area contributed by atoms with Gasteiger partial charge in [-0.3, -0.25) is 10.1 Å². The molecule has 2 heterocycles. The van der Waals surface area contributed by atoms with Gasteiger partial charge in [0.15, 0.2) is 5.82 Å². The molecule has 2 rings (SSSR count). The summed E-state index contributed by atoms with van der Waals surface area (Å²) in [6, 6.07) is 1.57. The molecule has 0 aliphatic heterocycles. The Balaban J connectivity index is 2.10. The molecule has 0 fully saturated rings. The molecule has 1 amide bonds. The molecule has 0 aromatic carbocycles. The summed E-state index contributed by atoms with van der Waals surface area (Å²) < 4.78 is 4.73. The number of H-pyrrole nitrogens is 1.